The Labute approximate surface area is 164 Å². The van der Waals surface area contributed by atoms with Crippen molar-refractivity contribution in [1.29, 1.82) is 0 Å². The molecule has 3 atom stereocenters. The Morgan fingerprint density at radius 2 is 1.96 bits per heavy atom. The summed E-state index contributed by atoms with van der Waals surface area (Å²) in [4.78, 5) is 12.9. The molecule has 0 saturated heterocycles. The fraction of sp³-hybridized carbons (Fsp3) is 0.611. The van der Waals surface area contributed by atoms with Gasteiger partial charge in [-0.2, -0.15) is 13.5 Å². The maximum atomic E-state index is 13.0. The molecule has 9 heteroatoms. The SMILES string of the molecule is CC(C)[C@H](NS(=O)(=O)c1cccc2nsnc12)C(=O)N[C@@H]1CCCC[C@@H]1C. The van der Waals surface area contributed by atoms with E-state index in [2.05, 4.69) is 25.7 Å². The Kier molecular flexibility index (Phi) is 6.12. The molecule has 1 heterocycles. The first-order chi connectivity index (χ1) is 12.8. The Bertz CT molecular complexity index is 910. The second-order valence-electron chi connectivity index (χ2n) is 7.61. The molecular formula is C18H26N4O3S2. The van der Waals surface area contributed by atoms with E-state index in [0.29, 0.717) is 17.0 Å². The molecule has 0 unspecified atom stereocenters. The molecule has 1 amide bonds. The minimum atomic E-state index is -3.91. The molecule has 1 aromatic carbocycles. The van der Waals surface area contributed by atoms with Crippen LogP contribution in [0.5, 0.6) is 0 Å². The van der Waals surface area contributed by atoms with Crippen molar-refractivity contribution in [3.05, 3.63) is 18.2 Å². The van der Waals surface area contributed by atoms with Crippen molar-refractivity contribution in [2.45, 2.75) is 63.4 Å². The molecule has 1 aromatic heterocycles. The van der Waals surface area contributed by atoms with Gasteiger partial charge in [-0.25, -0.2) is 8.42 Å². The van der Waals surface area contributed by atoms with Crippen molar-refractivity contribution in [3.63, 3.8) is 0 Å². The van der Waals surface area contributed by atoms with Crippen molar-refractivity contribution in [1.82, 2.24) is 18.8 Å². The highest BCUT2D eigenvalue weighted by atomic mass is 32.2. The predicted octanol–water partition coefficient (Wildman–Crippen LogP) is 2.69. The van der Waals surface area contributed by atoms with Crippen molar-refractivity contribution >= 4 is 38.7 Å². The van der Waals surface area contributed by atoms with Crippen molar-refractivity contribution < 1.29 is 13.2 Å². The largest absolute Gasteiger partial charge is 0.352 e. The summed E-state index contributed by atoms with van der Waals surface area (Å²) in [5.74, 6) is -0.0516. The van der Waals surface area contributed by atoms with Crippen molar-refractivity contribution in [2.24, 2.45) is 11.8 Å². The van der Waals surface area contributed by atoms with Crippen LogP contribution in [0.3, 0.4) is 0 Å². The number of carbonyl (C=O) groups is 1. The summed E-state index contributed by atoms with van der Waals surface area (Å²) in [6.45, 7) is 5.80. The van der Waals surface area contributed by atoms with E-state index in [1.165, 1.54) is 12.5 Å². The standard InChI is InChI=1S/C18H26N4O3S2/c1-11(2)16(18(23)19-13-8-5-4-7-12(13)3)22-27(24,25)15-10-6-9-14-17(15)21-26-20-14/h6,9-13,16,22H,4-5,7-8H2,1-3H3,(H,19,23)/t12-,13+,16-/m0/s1. The van der Waals surface area contributed by atoms with Gasteiger partial charge in [-0.3, -0.25) is 4.79 Å². The van der Waals surface area contributed by atoms with E-state index in [1.807, 2.05) is 13.8 Å². The summed E-state index contributed by atoms with van der Waals surface area (Å²) in [5, 5.41) is 3.06. The fourth-order valence-corrected chi connectivity index (χ4v) is 5.63. The van der Waals surface area contributed by atoms with E-state index in [1.54, 1.807) is 12.1 Å². The molecule has 1 aliphatic rings. The van der Waals surface area contributed by atoms with Crippen LogP contribution in [-0.4, -0.2) is 35.2 Å². The average Bonchev–Trinajstić information content (AvgIpc) is 3.10. The summed E-state index contributed by atoms with van der Waals surface area (Å²) in [6.07, 6.45) is 4.29. The number of hydrogen-bond acceptors (Lipinski definition) is 6. The summed E-state index contributed by atoms with van der Waals surface area (Å²) in [6, 6.07) is 4.10. The van der Waals surface area contributed by atoms with E-state index in [0.717, 1.165) is 31.0 Å². The van der Waals surface area contributed by atoms with Gasteiger partial charge >= 0.3 is 0 Å². The first kappa shape index (κ1) is 20.2. The number of amides is 1. The number of benzene rings is 1. The topological polar surface area (TPSA) is 101 Å². The third kappa shape index (κ3) is 4.47. The first-order valence-corrected chi connectivity index (χ1v) is 11.5. The number of rotatable bonds is 6. The number of fused-ring (bicyclic) bond motifs is 1. The second kappa shape index (κ2) is 8.20. The summed E-state index contributed by atoms with van der Waals surface area (Å²) in [5.41, 5.74) is 0.864. The molecule has 3 rings (SSSR count). The quantitative estimate of drug-likeness (QED) is 0.762. The molecule has 27 heavy (non-hydrogen) atoms. The maximum Gasteiger partial charge on any atom is 0.243 e. The van der Waals surface area contributed by atoms with E-state index < -0.39 is 16.1 Å². The number of nitrogens with one attached hydrogen (secondary N) is 2. The van der Waals surface area contributed by atoms with E-state index in [-0.39, 0.29) is 22.8 Å². The van der Waals surface area contributed by atoms with Gasteiger partial charge < -0.3 is 5.32 Å². The van der Waals surface area contributed by atoms with Crippen LogP contribution in [0.25, 0.3) is 11.0 Å². The molecule has 0 bridgehead atoms. The Balaban J connectivity index is 1.81. The molecule has 1 aliphatic carbocycles. The van der Waals surface area contributed by atoms with Crippen LogP contribution in [0.2, 0.25) is 0 Å². The highest BCUT2D eigenvalue weighted by Gasteiger charge is 2.32. The van der Waals surface area contributed by atoms with E-state index >= 15 is 0 Å². The fourth-order valence-electron chi connectivity index (χ4n) is 3.52. The first-order valence-electron chi connectivity index (χ1n) is 9.33. The minimum absolute atomic E-state index is 0.0539. The lowest BCUT2D eigenvalue weighted by atomic mass is 9.85. The van der Waals surface area contributed by atoms with Gasteiger partial charge in [0.1, 0.15) is 22.0 Å². The zero-order valence-electron chi connectivity index (χ0n) is 15.8. The molecule has 0 spiro atoms. The van der Waals surface area contributed by atoms with Gasteiger partial charge in [0, 0.05) is 6.04 Å². The molecule has 148 valence electrons. The van der Waals surface area contributed by atoms with Gasteiger partial charge in [0.2, 0.25) is 15.9 Å². The highest BCUT2D eigenvalue weighted by Crippen LogP contribution is 2.25. The Hall–Kier alpha value is -1.58. The third-order valence-electron chi connectivity index (χ3n) is 5.21. The van der Waals surface area contributed by atoms with Crippen molar-refractivity contribution in [2.75, 3.05) is 0 Å². The Morgan fingerprint density at radius 3 is 2.67 bits per heavy atom. The van der Waals surface area contributed by atoms with Crippen LogP contribution in [0.15, 0.2) is 23.1 Å². The normalized spacial score (nSPS) is 22.1. The summed E-state index contributed by atoms with van der Waals surface area (Å²) >= 11 is 0.967. The smallest absolute Gasteiger partial charge is 0.243 e. The molecular weight excluding hydrogens is 384 g/mol. The lowest BCUT2D eigenvalue weighted by Gasteiger charge is -2.31. The van der Waals surface area contributed by atoms with Gasteiger partial charge in [0.05, 0.1) is 11.7 Å². The van der Waals surface area contributed by atoms with Gasteiger partial charge in [0.15, 0.2) is 0 Å². The zero-order valence-corrected chi connectivity index (χ0v) is 17.4. The molecule has 0 radical (unpaired) electrons. The molecule has 2 aromatic rings. The predicted molar refractivity (Wildman–Crippen MR) is 106 cm³/mol. The number of carbonyl (C=O) groups excluding carboxylic acids is 1. The minimum Gasteiger partial charge on any atom is -0.352 e. The van der Waals surface area contributed by atoms with Gasteiger partial charge in [-0.05, 0) is 36.8 Å². The van der Waals surface area contributed by atoms with Crippen molar-refractivity contribution in [3.8, 4) is 0 Å². The number of hydrogen-bond donors (Lipinski definition) is 2. The second-order valence-corrected chi connectivity index (χ2v) is 9.82. The summed E-state index contributed by atoms with van der Waals surface area (Å²) < 4.78 is 36.7. The average molecular weight is 411 g/mol. The number of aromatic nitrogens is 2. The van der Waals surface area contributed by atoms with Crippen LogP contribution in [-0.2, 0) is 14.8 Å². The third-order valence-corrected chi connectivity index (χ3v) is 7.22. The van der Waals surface area contributed by atoms with Gasteiger partial charge in [0.25, 0.3) is 0 Å². The molecule has 7 nitrogen and oxygen atoms in total. The Morgan fingerprint density at radius 1 is 1.22 bits per heavy atom. The van der Waals surface area contributed by atoms with Crippen LogP contribution >= 0.6 is 11.7 Å². The van der Waals surface area contributed by atoms with Crippen LogP contribution < -0.4 is 10.0 Å². The lowest BCUT2D eigenvalue weighted by Crippen LogP contribution is -2.53. The number of sulfonamides is 1. The van der Waals surface area contributed by atoms with Crippen LogP contribution in [0, 0.1) is 11.8 Å². The molecule has 2 N–H and O–H groups in total. The molecule has 1 saturated carbocycles. The van der Waals surface area contributed by atoms with Crippen LogP contribution in [0.4, 0.5) is 0 Å². The van der Waals surface area contributed by atoms with E-state index in [4.69, 9.17) is 0 Å². The van der Waals surface area contributed by atoms with Gasteiger partial charge in [-0.1, -0.05) is 39.7 Å². The number of nitrogens with zero attached hydrogens (tertiary/aromatic N) is 2. The zero-order chi connectivity index (χ0) is 19.6. The van der Waals surface area contributed by atoms with Crippen LogP contribution in [0.1, 0.15) is 46.5 Å². The monoisotopic (exact) mass is 410 g/mol. The lowest BCUT2D eigenvalue weighted by molar-refractivity contribution is -0.125. The highest BCUT2D eigenvalue weighted by molar-refractivity contribution is 7.89. The molecule has 1 fully saturated rings. The molecule has 0 aliphatic heterocycles. The van der Waals surface area contributed by atoms with E-state index in [9.17, 15) is 13.2 Å². The summed E-state index contributed by atoms with van der Waals surface area (Å²) in [7, 11) is -3.91. The maximum absolute atomic E-state index is 13.0. The van der Waals surface area contributed by atoms with Gasteiger partial charge in [-0.15, -0.1) is 0 Å².